The van der Waals surface area contributed by atoms with Gasteiger partial charge in [0.2, 0.25) is 8.32 Å². The molecule has 4 heteroatoms. The van der Waals surface area contributed by atoms with E-state index in [4.69, 9.17) is 15.5 Å². The van der Waals surface area contributed by atoms with Crippen molar-refractivity contribution in [2.75, 3.05) is 0 Å². The molecule has 0 aliphatic carbocycles. The van der Waals surface area contributed by atoms with Crippen LogP contribution >= 0.6 is 11.1 Å². The van der Waals surface area contributed by atoms with E-state index < -0.39 is 15.7 Å². The van der Waals surface area contributed by atoms with E-state index in [0.717, 1.165) is 18.2 Å². The number of halogens is 1. The number of hydrogen-bond donors (Lipinski definition) is 0. The Morgan fingerprint density at radius 3 is 1.94 bits per heavy atom. The van der Waals surface area contributed by atoms with Gasteiger partial charge in [-0.05, 0) is 49.8 Å². The zero-order chi connectivity index (χ0) is 13.1. The molecule has 0 bridgehead atoms. The topological polar surface area (TPSA) is 9.23 Å². The standard InChI is InChI=1S/C13H23ClOSi2/c1-16(2,3)15-13-8-6-12(7-9-13)10-11-17(4,5)14/h6-9H,10-11H2,1-5H3. The van der Waals surface area contributed by atoms with Crippen LogP contribution in [0.4, 0.5) is 0 Å². The molecule has 0 atom stereocenters. The Morgan fingerprint density at radius 2 is 1.53 bits per heavy atom. The first-order valence-corrected chi connectivity index (χ1v) is 13.8. The molecule has 0 aliphatic heterocycles. The average molecular weight is 287 g/mol. The summed E-state index contributed by atoms with van der Waals surface area (Å²) in [6, 6.07) is 9.61. The lowest BCUT2D eigenvalue weighted by Crippen LogP contribution is -2.29. The summed E-state index contributed by atoms with van der Waals surface area (Å²) in [6.07, 6.45) is 1.08. The first kappa shape index (κ1) is 14.8. The summed E-state index contributed by atoms with van der Waals surface area (Å²) in [5.74, 6) is 0.996. The number of rotatable bonds is 5. The number of hydrogen-bond acceptors (Lipinski definition) is 1. The van der Waals surface area contributed by atoms with Crippen molar-refractivity contribution in [1.29, 1.82) is 0 Å². The van der Waals surface area contributed by atoms with E-state index in [2.05, 4.69) is 57.0 Å². The predicted molar refractivity (Wildman–Crippen MR) is 82.3 cm³/mol. The quantitative estimate of drug-likeness (QED) is 0.553. The minimum atomic E-state index is -1.48. The molecule has 0 amide bonds. The van der Waals surface area contributed by atoms with Crippen LogP contribution in [0.3, 0.4) is 0 Å². The maximum Gasteiger partial charge on any atom is 0.242 e. The van der Waals surface area contributed by atoms with Gasteiger partial charge in [-0.15, -0.1) is 0 Å². The van der Waals surface area contributed by atoms with Crippen LogP contribution in [0, 0.1) is 0 Å². The summed E-state index contributed by atoms with van der Waals surface area (Å²) in [7, 11) is -2.92. The van der Waals surface area contributed by atoms with Gasteiger partial charge >= 0.3 is 0 Å². The minimum absolute atomic E-state index is 0.996. The molecule has 96 valence electrons. The first-order chi connectivity index (χ1) is 7.66. The van der Waals surface area contributed by atoms with Crippen LogP contribution in [0.15, 0.2) is 24.3 Å². The summed E-state index contributed by atoms with van der Waals surface area (Å²) in [5, 5.41) is 0. The highest BCUT2D eigenvalue weighted by molar-refractivity contribution is 7.19. The van der Waals surface area contributed by atoms with Crippen LogP contribution in [-0.2, 0) is 6.42 Å². The van der Waals surface area contributed by atoms with Crippen LogP contribution < -0.4 is 4.43 Å². The highest BCUT2D eigenvalue weighted by Gasteiger charge is 2.17. The molecule has 1 rings (SSSR count). The average Bonchev–Trinajstić information content (AvgIpc) is 2.13. The molecular formula is C13H23ClOSi2. The van der Waals surface area contributed by atoms with E-state index in [1.54, 1.807) is 0 Å². The molecular weight excluding hydrogens is 264 g/mol. The second-order valence-corrected chi connectivity index (χ2v) is 17.5. The highest BCUT2D eigenvalue weighted by Crippen LogP contribution is 2.21. The minimum Gasteiger partial charge on any atom is -0.544 e. The van der Waals surface area contributed by atoms with Crippen LogP contribution in [0.5, 0.6) is 5.75 Å². The van der Waals surface area contributed by atoms with Crippen molar-refractivity contribution in [1.82, 2.24) is 0 Å². The third-order valence-electron chi connectivity index (χ3n) is 2.36. The Kier molecular flexibility index (Phi) is 4.87. The van der Waals surface area contributed by atoms with Crippen LogP contribution in [0.1, 0.15) is 5.56 Å². The van der Waals surface area contributed by atoms with E-state index in [1.807, 2.05) is 0 Å². The molecule has 0 spiro atoms. The van der Waals surface area contributed by atoms with Gasteiger partial charge < -0.3 is 4.43 Å². The fourth-order valence-corrected chi connectivity index (χ4v) is 3.53. The smallest absolute Gasteiger partial charge is 0.242 e. The third-order valence-corrected chi connectivity index (χ3v) is 5.21. The molecule has 0 saturated heterocycles. The van der Waals surface area contributed by atoms with Gasteiger partial charge in [0.25, 0.3) is 0 Å². The normalized spacial score (nSPS) is 12.6. The van der Waals surface area contributed by atoms with Crippen LogP contribution in [0.25, 0.3) is 0 Å². The summed E-state index contributed by atoms with van der Waals surface area (Å²) in [4.78, 5) is 0. The van der Waals surface area contributed by atoms with E-state index in [9.17, 15) is 0 Å². The summed E-state index contributed by atoms with van der Waals surface area (Å²) >= 11 is 6.32. The van der Waals surface area contributed by atoms with Crippen molar-refractivity contribution in [3.63, 3.8) is 0 Å². The maximum atomic E-state index is 6.32. The van der Waals surface area contributed by atoms with Gasteiger partial charge in [-0.2, -0.15) is 11.1 Å². The molecule has 0 radical (unpaired) electrons. The Morgan fingerprint density at radius 1 is 1.00 bits per heavy atom. The molecule has 1 nitrogen and oxygen atoms in total. The molecule has 0 aliphatic rings. The lowest BCUT2D eigenvalue weighted by molar-refractivity contribution is 0.557. The lowest BCUT2D eigenvalue weighted by atomic mass is 10.2. The van der Waals surface area contributed by atoms with Gasteiger partial charge in [0.1, 0.15) is 5.75 Å². The second kappa shape index (κ2) is 5.59. The maximum absolute atomic E-state index is 6.32. The van der Waals surface area contributed by atoms with Gasteiger partial charge in [0.15, 0.2) is 7.38 Å². The molecule has 0 fully saturated rings. The van der Waals surface area contributed by atoms with Crippen LogP contribution in [-0.4, -0.2) is 15.7 Å². The largest absolute Gasteiger partial charge is 0.544 e. The third kappa shape index (κ3) is 6.91. The monoisotopic (exact) mass is 286 g/mol. The molecule has 0 N–H and O–H groups in total. The molecule has 0 aromatic heterocycles. The lowest BCUT2D eigenvalue weighted by Gasteiger charge is -2.19. The SMILES string of the molecule is C[Si](C)(Cl)CCc1ccc(O[Si](C)(C)C)cc1. The highest BCUT2D eigenvalue weighted by atomic mass is 35.6. The zero-order valence-corrected chi connectivity index (χ0v) is 14.3. The van der Waals surface area contributed by atoms with Crippen molar-refractivity contribution in [3.05, 3.63) is 29.8 Å². The van der Waals surface area contributed by atoms with E-state index in [-0.39, 0.29) is 0 Å². The Hall–Kier alpha value is -0.256. The van der Waals surface area contributed by atoms with Crippen molar-refractivity contribution < 1.29 is 4.43 Å². The number of aryl methyl sites for hydroxylation is 1. The first-order valence-electron chi connectivity index (χ1n) is 6.13. The number of benzene rings is 1. The summed E-state index contributed by atoms with van der Waals surface area (Å²) in [6.45, 7) is 11.0. The van der Waals surface area contributed by atoms with Crippen LogP contribution in [0.2, 0.25) is 38.8 Å². The molecule has 1 aromatic rings. The molecule has 17 heavy (non-hydrogen) atoms. The summed E-state index contributed by atoms with van der Waals surface area (Å²) < 4.78 is 5.92. The van der Waals surface area contributed by atoms with E-state index in [0.29, 0.717) is 0 Å². The van der Waals surface area contributed by atoms with Crippen molar-refractivity contribution >= 4 is 26.8 Å². The second-order valence-electron chi connectivity index (χ2n) is 6.08. The van der Waals surface area contributed by atoms with Gasteiger partial charge in [-0.25, -0.2) is 0 Å². The zero-order valence-electron chi connectivity index (χ0n) is 11.5. The molecule has 0 unspecified atom stereocenters. The van der Waals surface area contributed by atoms with E-state index >= 15 is 0 Å². The van der Waals surface area contributed by atoms with Gasteiger partial charge in [-0.1, -0.05) is 25.2 Å². The Bertz CT molecular complexity index is 349. The molecule has 0 heterocycles. The summed E-state index contributed by atoms with van der Waals surface area (Å²) in [5.41, 5.74) is 1.36. The van der Waals surface area contributed by atoms with Gasteiger partial charge in [-0.3, -0.25) is 0 Å². The Labute approximate surface area is 112 Å². The Balaban J connectivity index is 2.56. The fourth-order valence-electron chi connectivity index (χ4n) is 1.52. The van der Waals surface area contributed by atoms with Crippen molar-refractivity contribution in [2.24, 2.45) is 0 Å². The van der Waals surface area contributed by atoms with Gasteiger partial charge in [0, 0.05) is 0 Å². The molecule has 1 aromatic carbocycles. The van der Waals surface area contributed by atoms with Gasteiger partial charge in [0.05, 0.1) is 0 Å². The van der Waals surface area contributed by atoms with Crippen molar-refractivity contribution in [3.8, 4) is 5.75 Å². The molecule has 0 saturated carbocycles. The fraction of sp³-hybridized carbons (Fsp3) is 0.538. The predicted octanol–water partition coefficient (Wildman–Crippen LogP) is 4.89. The van der Waals surface area contributed by atoms with E-state index in [1.165, 1.54) is 5.56 Å². The van der Waals surface area contributed by atoms with Crippen molar-refractivity contribution in [2.45, 2.75) is 45.2 Å².